The summed E-state index contributed by atoms with van der Waals surface area (Å²) in [6, 6.07) is 1.95. The van der Waals surface area contributed by atoms with Crippen LogP contribution in [0, 0.1) is 0 Å². The molecular weight excluding hydrogens is 270 g/mol. The van der Waals surface area contributed by atoms with Gasteiger partial charge in [0.05, 0.1) is 24.6 Å². The first-order chi connectivity index (χ1) is 10.2. The van der Waals surface area contributed by atoms with E-state index in [1.54, 1.807) is 13.3 Å². The molecule has 110 valence electrons. The summed E-state index contributed by atoms with van der Waals surface area (Å²) in [6.45, 7) is 2.11. The number of nitrogens with one attached hydrogen (secondary N) is 1. The quantitative estimate of drug-likeness (QED) is 0.843. The molecule has 2 aromatic rings. The van der Waals surface area contributed by atoms with Gasteiger partial charge in [-0.15, -0.1) is 0 Å². The van der Waals surface area contributed by atoms with Crippen LogP contribution in [-0.4, -0.2) is 33.5 Å². The number of aromatic nitrogens is 3. The standard InChI is InChI=1S/C14H17N5O2/c1-21-10-4-9(5-16-6-10)7-19-3-2-12-11(8-19)13(20)18-14(15)17-12/h4-6H,2-3,7-8H2,1H3,(H3,15,17,18,20). The first-order valence-corrected chi connectivity index (χ1v) is 6.73. The summed E-state index contributed by atoms with van der Waals surface area (Å²) in [5.41, 5.74) is 7.98. The fourth-order valence-electron chi connectivity index (χ4n) is 2.56. The number of H-pyrrole nitrogens is 1. The summed E-state index contributed by atoms with van der Waals surface area (Å²) in [6.07, 6.45) is 4.21. The van der Waals surface area contributed by atoms with E-state index in [9.17, 15) is 4.79 Å². The highest BCUT2D eigenvalue weighted by Crippen LogP contribution is 2.18. The molecular formula is C14H17N5O2. The van der Waals surface area contributed by atoms with E-state index in [-0.39, 0.29) is 11.5 Å². The van der Waals surface area contributed by atoms with Crippen molar-refractivity contribution in [3.8, 4) is 5.75 Å². The molecule has 0 bridgehead atoms. The Morgan fingerprint density at radius 1 is 1.48 bits per heavy atom. The summed E-state index contributed by atoms with van der Waals surface area (Å²) >= 11 is 0. The van der Waals surface area contributed by atoms with Gasteiger partial charge in [0, 0.05) is 32.3 Å². The Hall–Kier alpha value is -2.41. The molecule has 3 rings (SSSR count). The maximum Gasteiger partial charge on any atom is 0.257 e. The predicted octanol–water partition coefficient (Wildman–Crippen LogP) is 0.314. The van der Waals surface area contributed by atoms with E-state index in [0.717, 1.165) is 30.0 Å². The topological polar surface area (TPSA) is 97.1 Å². The van der Waals surface area contributed by atoms with E-state index in [1.807, 2.05) is 12.3 Å². The second-order valence-electron chi connectivity index (χ2n) is 5.07. The van der Waals surface area contributed by atoms with Crippen molar-refractivity contribution in [1.29, 1.82) is 0 Å². The highest BCUT2D eigenvalue weighted by atomic mass is 16.5. The fraction of sp³-hybridized carbons (Fsp3) is 0.357. The molecule has 0 saturated carbocycles. The van der Waals surface area contributed by atoms with Crippen molar-refractivity contribution in [1.82, 2.24) is 19.9 Å². The zero-order valence-electron chi connectivity index (χ0n) is 11.8. The molecule has 0 radical (unpaired) electrons. The lowest BCUT2D eigenvalue weighted by molar-refractivity contribution is 0.241. The Balaban J connectivity index is 1.78. The van der Waals surface area contributed by atoms with Crippen LogP contribution in [0.1, 0.15) is 16.8 Å². The lowest BCUT2D eigenvalue weighted by atomic mass is 10.1. The SMILES string of the molecule is COc1cncc(CN2CCc3nc(N)[nH]c(=O)c3C2)c1. The van der Waals surface area contributed by atoms with Crippen molar-refractivity contribution in [2.24, 2.45) is 0 Å². The predicted molar refractivity (Wildman–Crippen MR) is 77.9 cm³/mol. The van der Waals surface area contributed by atoms with E-state index in [2.05, 4.69) is 19.9 Å². The van der Waals surface area contributed by atoms with Crippen LogP contribution in [0.3, 0.4) is 0 Å². The summed E-state index contributed by atoms with van der Waals surface area (Å²) in [7, 11) is 1.62. The number of pyridine rings is 1. The highest BCUT2D eigenvalue weighted by Gasteiger charge is 2.21. The van der Waals surface area contributed by atoms with E-state index in [0.29, 0.717) is 18.7 Å². The molecule has 3 N–H and O–H groups in total. The average molecular weight is 287 g/mol. The number of aromatic amines is 1. The minimum absolute atomic E-state index is 0.147. The second kappa shape index (κ2) is 5.53. The van der Waals surface area contributed by atoms with Gasteiger partial charge in [-0.2, -0.15) is 0 Å². The molecule has 0 fully saturated rings. The maximum atomic E-state index is 11.9. The van der Waals surface area contributed by atoms with Crippen LogP contribution in [0.25, 0.3) is 0 Å². The number of rotatable bonds is 3. The van der Waals surface area contributed by atoms with Gasteiger partial charge in [-0.05, 0) is 11.6 Å². The number of fused-ring (bicyclic) bond motifs is 1. The smallest absolute Gasteiger partial charge is 0.257 e. The van der Waals surface area contributed by atoms with Gasteiger partial charge in [-0.1, -0.05) is 0 Å². The zero-order valence-corrected chi connectivity index (χ0v) is 11.8. The van der Waals surface area contributed by atoms with Gasteiger partial charge in [0.25, 0.3) is 5.56 Å². The summed E-state index contributed by atoms with van der Waals surface area (Å²) in [4.78, 5) is 25.0. The van der Waals surface area contributed by atoms with Crippen molar-refractivity contribution < 1.29 is 4.74 Å². The number of ether oxygens (including phenoxy) is 1. The van der Waals surface area contributed by atoms with Gasteiger partial charge >= 0.3 is 0 Å². The molecule has 0 unspecified atom stereocenters. The number of nitrogens with zero attached hydrogens (tertiary/aromatic N) is 3. The van der Waals surface area contributed by atoms with Gasteiger partial charge in [0.2, 0.25) is 5.95 Å². The number of anilines is 1. The Bertz CT molecular complexity index is 713. The molecule has 0 saturated heterocycles. The molecule has 0 amide bonds. The number of hydrogen-bond donors (Lipinski definition) is 2. The van der Waals surface area contributed by atoms with Crippen LogP contribution in [0.15, 0.2) is 23.3 Å². The van der Waals surface area contributed by atoms with Gasteiger partial charge in [0.15, 0.2) is 0 Å². The third kappa shape index (κ3) is 2.87. The lowest BCUT2D eigenvalue weighted by Crippen LogP contribution is -2.35. The molecule has 0 spiro atoms. The van der Waals surface area contributed by atoms with Crippen molar-refractivity contribution in [2.45, 2.75) is 19.5 Å². The van der Waals surface area contributed by atoms with Crippen LogP contribution in [0.5, 0.6) is 5.75 Å². The molecule has 2 aromatic heterocycles. The number of hydrogen-bond acceptors (Lipinski definition) is 6. The van der Waals surface area contributed by atoms with Gasteiger partial charge in [-0.3, -0.25) is 19.7 Å². The number of nitrogens with two attached hydrogens (primary N) is 1. The maximum absolute atomic E-state index is 11.9. The normalized spacial score (nSPS) is 14.7. The first kappa shape index (κ1) is 13.6. The number of nitrogen functional groups attached to an aromatic ring is 1. The van der Waals surface area contributed by atoms with Crippen LogP contribution in [0.2, 0.25) is 0 Å². The Labute approximate surface area is 121 Å². The molecule has 0 aromatic carbocycles. The molecule has 0 atom stereocenters. The molecule has 1 aliphatic heterocycles. The average Bonchev–Trinajstić information content (AvgIpc) is 2.48. The largest absolute Gasteiger partial charge is 0.495 e. The van der Waals surface area contributed by atoms with Crippen molar-refractivity contribution in [3.05, 3.63) is 45.6 Å². The Morgan fingerprint density at radius 3 is 3.14 bits per heavy atom. The van der Waals surface area contributed by atoms with Crippen LogP contribution >= 0.6 is 0 Å². The monoisotopic (exact) mass is 287 g/mol. The van der Waals surface area contributed by atoms with E-state index >= 15 is 0 Å². The highest BCUT2D eigenvalue weighted by molar-refractivity contribution is 5.28. The third-order valence-electron chi connectivity index (χ3n) is 3.58. The van der Waals surface area contributed by atoms with Crippen molar-refractivity contribution in [3.63, 3.8) is 0 Å². The second-order valence-corrected chi connectivity index (χ2v) is 5.07. The first-order valence-electron chi connectivity index (χ1n) is 6.73. The minimum atomic E-state index is -0.147. The van der Waals surface area contributed by atoms with Crippen LogP contribution in [-0.2, 0) is 19.5 Å². The van der Waals surface area contributed by atoms with Crippen LogP contribution < -0.4 is 16.0 Å². The summed E-state index contributed by atoms with van der Waals surface area (Å²) < 4.78 is 5.17. The zero-order chi connectivity index (χ0) is 14.8. The number of methoxy groups -OCH3 is 1. The molecule has 3 heterocycles. The Morgan fingerprint density at radius 2 is 2.33 bits per heavy atom. The molecule has 7 nitrogen and oxygen atoms in total. The Kier molecular flexibility index (Phi) is 3.57. The molecule has 21 heavy (non-hydrogen) atoms. The van der Waals surface area contributed by atoms with E-state index in [1.165, 1.54) is 0 Å². The van der Waals surface area contributed by atoms with Gasteiger partial charge < -0.3 is 10.5 Å². The van der Waals surface area contributed by atoms with Crippen LogP contribution in [0.4, 0.5) is 5.95 Å². The summed E-state index contributed by atoms with van der Waals surface area (Å²) in [5.74, 6) is 0.918. The van der Waals surface area contributed by atoms with Crippen molar-refractivity contribution >= 4 is 5.95 Å². The van der Waals surface area contributed by atoms with E-state index < -0.39 is 0 Å². The fourth-order valence-corrected chi connectivity index (χ4v) is 2.56. The van der Waals surface area contributed by atoms with Crippen molar-refractivity contribution in [2.75, 3.05) is 19.4 Å². The molecule has 0 aliphatic carbocycles. The summed E-state index contributed by atoms with van der Waals surface area (Å²) in [5, 5.41) is 0. The molecule has 1 aliphatic rings. The third-order valence-corrected chi connectivity index (χ3v) is 3.58. The van der Waals surface area contributed by atoms with Gasteiger partial charge in [-0.25, -0.2) is 4.98 Å². The minimum Gasteiger partial charge on any atom is -0.495 e. The molecule has 7 heteroatoms. The van der Waals surface area contributed by atoms with E-state index in [4.69, 9.17) is 10.5 Å². The van der Waals surface area contributed by atoms with Gasteiger partial charge in [0.1, 0.15) is 5.75 Å². The lowest BCUT2D eigenvalue weighted by Gasteiger charge is -2.27.